The molecule has 0 spiro atoms. The van der Waals surface area contributed by atoms with E-state index in [9.17, 15) is 35.9 Å². The normalized spacial score (nSPS) is 17.0. The van der Waals surface area contributed by atoms with Crippen LogP contribution in [0, 0.1) is 29.4 Å². The van der Waals surface area contributed by atoms with Crippen LogP contribution in [0.25, 0.3) is 22.0 Å². The summed E-state index contributed by atoms with van der Waals surface area (Å²) in [5.41, 5.74) is -2.45. The molecule has 1 amide bonds. The summed E-state index contributed by atoms with van der Waals surface area (Å²) in [6.45, 7) is 4.52. The molecular formula is C38H36ClF6N7O4S. The summed E-state index contributed by atoms with van der Waals surface area (Å²) in [7, 11) is -2.31. The summed E-state index contributed by atoms with van der Waals surface area (Å²) in [5, 5.41) is 21.4. The molecule has 1 aliphatic carbocycles. The molecule has 302 valence electrons. The zero-order valence-electron chi connectivity index (χ0n) is 31.2. The molecule has 0 bridgehead atoms. The first-order valence-corrected chi connectivity index (χ1v) is 19.6. The minimum atomic E-state index is -3.83. The summed E-state index contributed by atoms with van der Waals surface area (Å²) in [5.74, 6) is -3.55. The van der Waals surface area contributed by atoms with Gasteiger partial charge in [-0.1, -0.05) is 37.4 Å². The Morgan fingerprint density at radius 1 is 1.05 bits per heavy atom. The predicted molar refractivity (Wildman–Crippen MR) is 200 cm³/mol. The van der Waals surface area contributed by atoms with Crippen molar-refractivity contribution in [1.82, 2.24) is 29.9 Å². The number of rotatable bonds is 10. The van der Waals surface area contributed by atoms with Crippen molar-refractivity contribution in [2.75, 3.05) is 11.0 Å². The van der Waals surface area contributed by atoms with Crippen LogP contribution >= 0.6 is 11.6 Å². The molecule has 19 heteroatoms. The number of pyridine rings is 1. The van der Waals surface area contributed by atoms with Gasteiger partial charge >= 0.3 is 0 Å². The number of aryl methyl sites for hydroxylation is 1. The maximum absolute atomic E-state index is 15.6. The molecule has 57 heavy (non-hydrogen) atoms. The second-order valence-corrected chi connectivity index (χ2v) is 16.7. The molecule has 0 radical (unpaired) electrons. The van der Waals surface area contributed by atoms with Gasteiger partial charge in [0, 0.05) is 35.7 Å². The van der Waals surface area contributed by atoms with Crippen molar-refractivity contribution in [2.45, 2.75) is 70.6 Å². The molecule has 5 aromatic rings. The second kappa shape index (κ2) is 15.0. The first kappa shape index (κ1) is 41.5. The maximum Gasteiger partial charge on any atom is 0.292 e. The number of aromatic nitrogens is 5. The Kier molecular flexibility index (Phi) is 10.9. The van der Waals surface area contributed by atoms with Gasteiger partial charge in [-0.25, -0.2) is 31.0 Å². The van der Waals surface area contributed by atoms with Crippen molar-refractivity contribution in [3.8, 4) is 23.0 Å². The summed E-state index contributed by atoms with van der Waals surface area (Å²) in [4.78, 5) is 18.7. The first-order chi connectivity index (χ1) is 26.4. The van der Waals surface area contributed by atoms with E-state index in [4.69, 9.17) is 16.6 Å². The number of nitrogens with zero attached hydrogens (tertiary/aromatic N) is 5. The van der Waals surface area contributed by atoms with Gasteiger partial charge in [0.1, 0.15) is 40.9 Å². The fourth-order valence-corrected chi connectivity index (χ4v) is 7.74. The number of aliphatic hydroxyl groups is 1. The number of hydrogen-bond acceptors (Lipinski definition) is 7. The molecule has 3 atom stereocenters. The molecule has 0 aliphatic heterocycles. The molecule has 2 aromatic carbocycles. The van der Waals surface area contributed by atoms with Crippen molar-refractivity contribution < 1.29 is 44.7 Å². The first-order valence-electron chi connectivity index (χ1n) is 17.4. The van der Waals surface area contributed by atoms with Crippen LogP contribution in [-0.2, 0) is 40.8 Å². The Morgan fingerprint density at radius 2 is 1.70 bits per heavy atom. The summed E-state index contributed by atoms with van der Waals surface area (Å²) in [6, 6.07) is 7.44. The van der Waals surface area contributed by atoms with Crippen molar-refractivity contribution >= 4 is 44.3 Å². The number of hydrogen-bond donors (Lipinski definition) is 3. The average molecular weight is 836 g/mol. The lowest BCUT2D eigenvalue weighted by Crippen LogP contribution is -2.35. The highest BCUT2D eigenvalue weighted by Gasteiger charge is 2.55. The molecule has 0 saturated carbocycles. The van der Waals surface area contributed by atoms with Gasteiger partial charge in [-0.2, -0.15) is 19.0 Å². The summed E-state index contributed by atoms with van der Waals surface area (Å²) < 4.78 is 117. The predicted octanol–water partition coefficient (Wildman–Crippen LogP) is 7.14. The Morgan fingerprint density at radius 3 is 2.32 bits per heavy atom. The summed E-state index contributed by atoms with van der Waals surface area (Å²) >= 11 is 6.58. The van der Waals surface area contributed by atoms with E-state index in [-0.39, 0.29) is 50.7 Å². The molecule has 0 fully saturated rings. The zero-order chi connectivity index (χ0) is 41.9. The zero-order valence-corrected chi connectivity index (χ0v) is 32.8. The van der Waals surface area contributed by atoms with E-state index in [0.29, 0.717) is 21.8 Å². The number of amides is 1. The average Bonchev–Trinajstić information content (AvgIpc) is 3.68. The molecule has 3 heterocycles. The molecule has 11 nitrogen and oxygen atoms in total. The number of sulfonamides is 1. The van der Waals surface area contributed by atoms with Crippen LogP contribution in [0.15, 0.2) is 42.5 Å². The third-order valence-corrected chi connectivity index (χ3v) is 10.4. The lowest BCUT2D eigenvalue weighted by atomic mass is 9.93. The molecule has 0 unspecified atom stereocenters. The Labute approximate surface area is 328 Å². The van der Waals surface area contributed by atoms with E-state index in [2.05, 4.69) is 32.1 Å². The van der Waals surface area contributed by atoms with E-state index in [1.165, 1.54) is 51.6 Å². The highest BCUT2D eigenvalue weighted by atomic mass is 35.5. The van der Waals surface area contributed by atoms with Gasteiger partial charge in [0.05, 0.1) is 33.9 Å². The van der Waals surface area contributed by atoms with Crippen molar-refractivity contribution in [3.63, 3.8) is 0 Å². The van der Waals surface area contributed by atoms with Gasteiger partial charge in [0.2, 0.25) is 15.9 Å². The SMILES string of the molecule is C[C@@H]1c2c(C(F)F)nn(CC(=O)N[C@@H](Cc3cc(F)cc(F)c3)c3nc(C#CC(C)(C)O)ccc3-c3ccc(Cl)c4c(NS(C)(=O)=O)nn(C)c34)c2C(F)(F)[C@@H]1C. The summed E-state index contributed by atoms with van der Waals surface area (Å²) in [6.07, 6.45) is -2.63. The van der Waals surface area contributed by atoms with E-state index in [0.717, 1.165) is 18.4 Å². The monoisotopic (exact) mass is 835 g/mol. The van der Waals surface area contributed by atoms with Crippen LogP contribution in [0.2, 0.25) is 5.02 Å². The van der Waals surface area contributed by atoms with Crippen LogP contribution in [0.5, 0.6) is 0 Å². The van der Waals surface area contributed by atoms with E-state index >= 15 is 8.78 Å². The van der Waals surface area contributed by atoms with Gasteiger partial charge in [-0.15, -0.1) is 0 Å². The quantitative estimate of drug-likeness (QED) is 0.100. The Hall–Kier alpha value is -5.12. The van der Waals surface area contributed by atoms with Crippen LogP contribution in [0.4, 0.5) is 32.2 Å². The number of benzene rings is 2. The van der Waals surface area contributed by atoms with Gasteiger partial charge in [-0.05, 0) is 68.0 Å². The number of halogens is 7. The highest BCUT2D eigenvalue weighted by Crippen LogP contribution is 2.54. The smallest absolute Gasteiger partial charge is 0.292 e. The lowest BCUT2D eigenvalue weighted by molar-refractivity contribution is -0.123. The third-order valence-electron chi connectivity index (χ3n) is 9.57. The lowest BCUT2D eigenvalue weighted by Gasteiger charge is -2.23. The molecule has 3 N–H and O–H groups in total. The number of fused-ring (bicyclic) bond motifs is 2. The van der Waals surface area contributed by atoms with E-state index in [1.807, 2.05) is 0 Å². The minimum absolute atomic E-state index is 0.0181. The minimum Gasteiger partial charge on any atom is -0.378 e. The van der Waals surface area contributed by atoms with E-state index in [1.54, 1.807) is 12.1 Å². The van der Waals surface area contributed by atoms with E-state index < -0.39 is 81.3 Å². The molecule has 0 saturated heterocycles. The number of nitrogens with one attached hydrogen (secondary N) is 2. The number of carbonyl (C=O) groups is 1. The molecule has 6 rings (SSSR count). The topological polar surface area (TPSA) is 144 Å². The number of carbonyl (C=O) groups excluding carboxylic acids is 1. The fraction of sp³-hybridized carbons (Fsp3) is 0.368. The van der Waals surface area contributed by atoms with Crippen molar-refractivity contribution in [1.29, 1.82) is 0 Å². The Balaban J connectivity index is 1.54. The van der Waals surface area contributed by atoms with Crippen molar-refractivity contribution in [2.24, 2.45) is 13.0 Å². The van der Waals surface area contributed by atoms with Gasteiger partial charge < -0.3 is 10.4 Å². The van der Waals surface area contributed by atoms with Crippen LogP contribution in [0.1, 0.15) is 80.0 Å². The number of anilines is 1. The second-order valence-electron chi connectivity index (χ2n) is 14.5. The van der Waals surface area contributed by atoms with Crippen LogP contribution in [0.3, 0.4) is 0 Å². The largest absolute Gasteiger partial charge is 0.378 e. The van der Waals surface area contributed by atoms with Crippen LogP contribution < -0.4 is 10.0 Å². The van der Waals surface area contributed by atoms with Gasteiger partial charge in [0.25, 0.3) is 12.3 Å². The van der Waals surface area contributed by atoms with Crippen LogP contribution in [-0.4, -0.2) is 55.8 Å². The van der Waals surface area contributed by atoms with Crippen molar-refractivity contribution in [3.05, 3.63) is 93.0 Å². The Bertz CT molecular complexity index is 2580. The van der Waals surface area contributed by atoms with Gasteiger partial charge in [0.15, 0.2) is 5.82 Å². The van der Waals surface area contributed by atoms with Gasteiger partial charge in [-0.3, -0.25) is 18.9 Å². The maximum atomic E-state index is 15.6. The number of alkyl halides is 4. The molecular weight excluding hydrogens is 800 g/mol. The third kappa shape index (κ3) is 8.46. The molecule has 3 aromatic heterocycles. The standard InChI is InChI=1S/C38H36ClF6N7O4S/c1-18-19(2)38(44,45)34-29(18)32(35(42)43)48-52(34)17-28(53)47-27(15-20-13-21(40)16-22(41)14-20)31-24(8-7-23(46-31)11-12-37(3,4)54)25-9-10-26(39)30-33(25)51(5)49-36(30)50-57(6,55)56/h7-10,13-14,16,18-19,27,35,54H,15,17H2,1-6H3,(H,47,53)(H,49,50)/t18-,19+,27-/m0/s1. The highest BCUT2D eigenvalue weighted by molar-refractivity contribution is 7.92. The molecule has 1 aliphatic rings. The fourth-order valence-electron chi connectivity index (χ4n) is 7.00.